The lowest BCUT2D eigenvalue weighted by atomic mass is 9.99. The number of hydrogen-bond donors (Lipinski definition) is 1. The van der Waals surface area contributed by atoms with Crippen LogP contribution in [0.15, 0.2) is 0 Å². The van der Waals surface area contributed by atoms with Crippen LogP contribution >= 0.6 is 0 Å². The maximum Gasteiger partial charge on any atom is 0.306 e. The van der Waals surface area contributed by atoms with Gasteiger partial charge in [-0.1, -0.05) is 41.0 Å². The van der Waals surface area contributed by atoms with Crippen LogP contribution in [0.2, 0.25) is 0 Å². The van der Waals surface area contributed by atoms with Crippen LogP contribution < -0.4 is 0 Å². The summed E-state index contributed by atoms with van der Waals surface area (Å²) in [6.45, 7) is 8.19. The average molecular weight is 264 g/mol. The first kappa shape index (κ1) is 22.3. The minimum atomic E-state index is -1.59. The van der Waals surface area contributed by atoms with Crippen molar-refractivity contribution in [3.63, 3.8) is 0 Å². The van der Waals surface area contributed by atoms with Gasteiger partial charge in [-0.15, -0.1) is 0 Å². The molecule has 0 aliphatic carbocycles. The molecule has 0 rings (SSSR count). The zero-order chi connectivity index (χ0) is 14.1. The number of carbonyl (C=O) groups excluding carboxylic acids is 1. The summed E-state index contributed by atoms with van der Waals surface area (Å²) < 4.78 is 12.9. The van der Waals surface area contributed by atoms with E-state index in [0.717, 1.165) is 12.8 Å². The monoisotopic (exact) mass is 264 g/mol. The molecule has 0 heterocycles. The van der Waals surface area contributed by atoms with Crippen molar-refractivity contribution in [2.45, 2.75) is 73.4 Å². The Morgan fingerprint density at radius 1 is 1.28 bits per heavy atom. The number of rotatable bonds is 6. The molecule has 2 atom stereocenters. The van der Waals surface area contributed by atoms with Crippen LogP contribution in [0.4, 0.5) is 4.39 Å². The van der Waals surface area contributed by atoms with Crippen LogP contribution in [-0.4, -0.2) is 22.5 Å². The number of Topliss-reactive ketones (excluding diaryl/α,β-unsaturated/α-hetero) is 1. The predicted octanol–water partition coefficient (Wildman–Crippen LogP) is 4.25. The average Bonchev–Trinajstić information content (AvgIpc) is 2.18. The highest BCUT2D eigenvalue weighted by molar-refractivity contribution is 5.84. The smallest absolute Gasteiger partial charge is 0.306 e. The van der Waals surface area contributed by atoms with Crippen LogP contribution in [0, 0.1) is 5.92 Å². The normalized spacial score (nSPS) is 14.3. The zero-order valence-electron chi connectivity index (χ0n) is 11.5. The van der Waals surface area contributed by atoms with Gasteiger partial charge < -0.3 is 5.11 Å². The molecule has 0 amide bonds. The van der Waals surface area contributed by atoms with Gasteiger partial charge in [-0.3, -0.25) is 9.59 Å². The second-order valence-corrected chi connectivity index (χ2v) is 4.53. The molecule has 0 saturated heterocycles. The molecule has 2 unspecified atom stereocenters. The van der Waals surface area contributed by atoms with Gasteiger partial charge in [0.15, 0.2) is 11.5 Å². The van der Waals surface area contributed by atoms with Crippen molar-refractivity contribution in [3.8, 4) is 0 Å². The summed E-state index contributed by atoms with van der Waals surface area (Å²) in [7, 11) is 0. The first-order valence-corrected chi connectivity index (χ1v) is 6.11. The van der Waals surface area contributed by atoms with Gasteiger partial charge in [-0.2, -0.15) is 0 Å². The maximum atomic E-state index is 12.9. The van der Waals surface area contributed by atoms with E-state index < -0.39 is 11.6 Å². The Morgan fingerprint density at radius 3 is 1.83 bits per heavy atom. The molecule has 0 spiro atoms. The lowest BCUT2D eigenvalue weighted by Gasteiger charge is -2.14. The molecule has 0 bridgehead atoms. The van der Waals surface area contributed by atoms with Crippen molar-refractivity contribution >= 4 is 11.8 Å². The number of ketones is 1. The largest absolute Gasteiger partial charge is 0.481 e. The van der Waals surface area contributed by atoms with Crippen molar-refractivity contribution in [3.05, 3.63) is 0 Å². The van der Waals surface area contributed by atoms with Gasteiger partial charge >= 0.3 is 5.97 Å². The minimum Gasteiger partial charge on any atom is -0.481 e. The number of carbonyl (C=O) groups is 2. The van der Waals surface area contributed by atoms with E-state index in [9.17, 15) is 14.0 Å². The number of hydrogen-bond acceptors (Lipinski definition) is 2. The number of carboxylic acid groups (broad SMARTS) is 1. The van der Waals surface area contributed by atoms with Gasteiger partial charge in [0.25, 0.3) is 0 Å². The van der Waals surface area contributed by atoms with Crippen molar-refractivity contribution in [1.29, 1.82) is 0 Å². The fraction of sp³-hybridized carbons (Fsp3) is 0.857. The Kier molecular flexibility index (Phi) is 13.8. The molecule has 18 heavy (non-hydrogen) atoms. The summed E-state index contributed by atoms with van der Waals surface area (Å²) in [5.41, 5.74) is -1.59. The topological polar surface area (TPSA) is 54.4 Å². The van der Waals surface area contributed by atoms with E-state index in [1.165, 1.54) is 13.8 Å². The van der Waals surface area contributed by atoms with Crippen LogP contribution in [0.1, 0.15) is 67.7 Å². The first-order valence-electron chi connectivity index (χ1n) is 6.11. The molecule has 4 heteroatoms. The second kappa shape index (κ2) is 11.2. The van der Waals surface area contributed by atoms with Gasteiger partial charge in [0, 0.05) is 0 Å². The molecular formula is C14H29FO3. The zero-order valence-corrected chi connectivity index (χ0v) is 11.5. The quantitative estimate of drug-likeness (QED) is 0.780. The number of aliphatic carboxylic acids is 1. The summed E-state index contributed by atoms with van der Waals surface area (Å²) in [6.07, 6.45) is 2.79. The molecule has 0 aromatic heterocycles. The van der Waals surface area contributed by atoms with Crippen molar-refractivity contribution in [2.24, 2.45) is 5.92 Å². The molecule has 1 N–H and O–H groups in total. The fourth-order valence-electron chi connectivity index (χ4n) is 1.20. The van der Waals surface area contributed by atoms with E-state index in [1.54, 1.807) is 6.92 Å². The SMILES string of the molecule is C.CCCC(C)(F)C(C)=O.CCCC(C)C(=O)O. The molecule has 0 saturated carbocycles. The third-order valence-corrected chi connectivity index (χ3v) is 2.60. The van der Waals surface area contributed by atoms with E-state index in [1.807, 2.05) is 13.8 Å². The van der Waals surface area contributed by atoms with Gasteiger partial charge in [-0.05, 0) is 26.7 Å². The fourth-order valence-corrected chi connectivity index (χ4v) is 1.20. The van der Waals surface area contributed by atoms with Crippen LogP contribution in [0.3, 0.4) is 0 Å². The lowest BCUT2D eigenvalue weighted by molar-refractivity contribution is -0.141. The summed E-state index contributed by atoms with van der Waals surface area (Å²) in [4.78, 5) is 20.6. The molecule has 0 aromatic carbocycles. The molecule has 0 aliphatic heterocycles. The molecule has 0 aliphatic rings. The first-order chi connectivity index (χ1) is 7.68. The number of halogens is 1. The molecule has 0 aromatic rings. The van der Waals surface area contributed by atoms with E-state index in [0.29, 0.717) is 12.8 Å². The van der Waals surface area contributed by atoms with E-state index >= 15 is 0 Å². The molecular weight excluding hydrogens is 235 g/mol. The third-order valence-electron chi connectivity index (χ3n) is 2.60. The van der Waals surface area contributed by atoms with Gasteiger partial charge in [0.05, 0.1) is 5.92 Å². The number of alkyl halides is 1. The summed E-state index contributed by atoms with van der Waals surface area (Å²) >= 11 is 0. The second-order valence-electron chi connectivity index (χ2n) is 4.53. The molecule has 0 radical (unpaired) electrons. The Morgan fingerprint density at radius 2 is 1.72 bits per heavy atom. The minimum absolute atomic E-state index is 0. The molecule has 0 fully saturated rings. The lowest BCUT2D eigenvalue weighted by Crippen LogP contribution is -2.26. The Balaban J connectivity index is -0.000000238. The standard InChI is InChI=1S/C7H13FO.C6H12O2.CH4/c1-4-5-7(3,8)6(2)9;1-3-4-5(2)6(7)8;/h4-5H2,1-3H3;5H,3-4H2,1-2H3,(H,7,8);1H4. The van der Waals surface area contributed by atoms with Gasteiger partial charge in [0.1, 0.15) is 0 Å². The van der Waals surface area contributed by atoms with Gasteiger partial charge in [-0.25, -0.2) is 4.39 Å². The summed E-state index contributed by atoms with van der Waals surface area (Å²) in [6, 6.07) is 0. The van der Waals surface area contributed by atoms with Crippen LogP contribution in [0.5, 0.6) is 0 Å². The Labute approximate surface area is 111 Å². The number of carboxylic acids is 1. The third kappa shape index (κ3) is 11.6. The highest BCUT2D eigenvalue weighted by Crippen LogP contribution is 2.17. The van der Waals surface area contributed by atoms with Crippen molar-refractivity contribution < 1.29 is 19.1 Å². The van der Waals surface area contributed by atoms with Crippen LogP contribution in [0.25, 0.3) is 0 Å². The van der Waals surface area contributed by atoms with E-state index in [2.05, 4.69) is 0 Å². The van der Waals surface area contributed by atoms with Crippen molar-refractivity contribution in [2.75, 3.05) is 0 Å². The van der Waals surface area contributed by atoms with E-state index in [4.69, 9.17) is 5.11 Å². The highest BCUT2D eigenvalue weighted by Gasteiger charge is 2.27. The van der Waals surface area contributed by atoms with Gasteiger partial charge in [0.2, 0.25) is 0 Å². The molecule has 110 valence electrons. The van der Waals surface area contributed by atoms with Crippen LogP contribution in [-0.2, 0) is 9.59 Å². The van der Waals surface area contributed by atoms with E-state index in [-0.39, 0.29) is 19.1 Å². The van der Waals surface area contributed by atoms with Crippen molar-refractivity contribution in [1.82, 2.24) is 0 Å². The molecule has 3 nitrogen and oxygen atoms in total. The summed E-state index contributed by atoms with van der Waals surface area (Å²) in [5.74, 6) is -1.23. The Hall–Kier alpha value is -0.930. The predicted molar refractivity (Wildman–Crippen MR) is 73.5 cm³/mol. The highest BCUT2D eigenvalue weighted by atomic mass is 19.1. The maximum absolute atomic E-state index is 12.9. The summed E-state index contributed by atoms with van der Waals surface area (Å²) in [5, 5.41) is 8.31. The Bertz CT molecular complexity index is 237.